The van der Waals surface area contributed by atoms with Crippen LogP contribution in [0.2, 0.25) is 0 Å². The summed E-state index contributed by atoms with van der Waals surface area (Å²) in [5.74, 6) is 0.817. The zero-order valence-corrected chi connectivity index (χ0v) is 40.9. The van der Waals surface area contributed by atoms with E-state index in [0.717, 1.165) is 68.7 Å². The monoisotopic (exact) mass is 926 g/mol. The molecule has 8 rings (SSSR count). The number of benzene rings is 3. The third kappa shape index (κ3) is 9.70. The van der Waals surface area contributed by atoms with E-state index in [-0.39, 0.29) is 53.2 Å². The molecule has 0 bridgehead atoms. The summed E-state index contributed by atoms with van der Waals surface area (Å²) in [6, 6.07) is 20.0. The van der Waals surface area contributed by atoms with Crippen molar-refractivity contribution in [3.05, 3.63) is 113 Å². The molecular weight excluding hydrogens is 859 g/mol. The van der Waals surface area contributed by atoms with E-state index in [1.165, 1.54) is 19.8 Å². The summed E-state index contributed by atoms with van der Waals surface area (Å²) in [6.07, 6.45) is 2.27. The first kappa shape index (κ1) is 47.8. The van der Waals surface area contributed by atoms with Crippen LogP contribution in [-0.2, 0) is 30.9 Å². The number of rotatable bonds is 12. The lowest BCUT2D eigenvalue weighted by Crippen LogP contribution is -2.52. The molecule has 3 aromatic carbocycles. The van der Waals surface area contributed by atoms with Gasteiger partial charge >= 0.3 is 12.2 Å². The summed E-state index contributed by atoms with van der Waals surface area (Å²) >= 11 is 0. The number of alkyl carbamates (subject to hydrolysis) is 2. The van der Waals surface area contributed by atoms with E-state index in [1.807, 2.05) is 32.6 Å². The highest BCUT2D eigenvalue weighted by Crippen LogP contribution is 2.48. The minimum Gasteiger partial charge on any atom is -0.453 e. The number of aromatic amines is 2. The van der Waals surface area contributed by atoms with Gasteiger partial charge in [-0.3, -0.25) is 9.59 Å². The highest BCUT2D eigenvalue weighted by Gasteiger charge is 2.41. The molecule has 15 nitrogen and oxygen atoms in total. The maximum atomic E-state index is 14.0. The molecule has 3 fully saturated rings. The van der Waals surface area contributed by atoms with Crippen LogP contribution in [0.1, 0.15) is 121 Å². The molecule has 3 saturated heterocycles. The van der Waals surface area contributed by atoms with Gasteiger partial charge in [-0.05, 0) is 96.0 Å². The minimum absolute atomic E-state index is 0.000692. The van der Waals surface area contributed by atoms with Crippen molar-refractivity contribution in [1.29, 1.82) is 0 Å². The molecular formula is C53H67N9O6. The van der Waals surface area contributed by atoms with Gasteiger partial charge < -0.3 is 44.8 Å². The molecule has 5 heterocycles. The summed E-state index contributed by atoms with van der Waals surface area (Å²) < 4.78 is 9.66. The van der Waals surface area contributed by atoms with E-state index in [1.54, 1.807) is 4.90 Å². The van der Waals surface area contributed by atoms with Crippen LogP contribution in [0.3, 0.4) is 0 Å². The molecule has 5 aromatic rings. The number of hydrogen-bond donors (Lipinski definition) is 4. The van der Waals surface area contributed by atoms with Crippen LogP contribution in [0.25, 0.3) is 22.1 Å². The van der Waals surface area contributed by atoms with E-state index in [0.29, 0.717) is 38.2 Å². The molecule has 3 aliphatic rings. The van der Waals surface area contributed by atoms with Gasteiger partial charge in [0.05, 0.1) is 54.4 Å². The lowest BCUT2D eigenvalue weighted by Gasteiger charge is -2.34. The number of carbonyl (C=O) groups excluding carboxylic acids is 4. The van der Waals surface area contributed by atoms with Gasteiger partial charge in [0, 0.05) is 31.2 Å². The molecule has 2 aromatic heterocycles. The van der Waals surface area contributed by atoms with E-state index < -0.39 is 24.3 Å². The highest BCUT2D eigenvalue weighted by atomic mass is 16.5. The molecule has 0 spiro atoms. The van der Waals surface area contributed by atoms with Crippen molar-refractivity contribution >= 4 is 51.8 Å². The summed E-state index contributed by atoms with van der Waals surface area (Å²) in [5, 5.41) is 5.46. The fourth-order valence-corrected chi connectivity index (χ4v) is 10.3. The van der Waals surface area contributed by atoms with Crippen molar-refractivity contribution in [2.24, 2.45) is 11.8 Å². The Labute approximate surface area is 399 Å². The van der Waals surface area contributed by atoms with E-state index in [2.05, 4.69) is 120 Å². The quantitative estimate of drug-likeness (QED) is 0.0889. The van der Waals surface area contributed by atoms with Crippen LogP contribution in [0.15, 0.2) is 85.0 Å². The van der Waals surface area contributed by atoms with Crippen LogP contribution < -0.4 is 15.5 Å². The zero-order valence-electron chi connectivity index (χ0n) is 40.9. The Kier molecular flexibility index (Phi) is 13.5. The largest absolute Gasteiger partial charge is 0.453 e. The standard InChI is InChI=1S/C53H67N9O6/c1-29(2)46(58-51(65)67-10)49(63)60-27-31(5)22-37(60)26-45-54-38-18-12-33(24-40(38)55-45)42-20-21-43(62(42)36-16-14-35(15-17-36)53(7,8)9)34-13-19-39-41(25-34)57-48(56-39)44-23-32(6)28-61(44)50(64)47(30(3)4)59-52(66)68-11/h12-19,24-25,29-30,37,42-44,46-47H,5-6,20-23,26-28H2,1-4,7-11H3,(H,54,55)(H,56,57)(H,58,65)(H,59,66)/t37?,42-,43-,44+,46+,47+/m1/s1. The third-order valence-electron chi connectivity index (χ3n) is 14.0. The van der Waals surface area contributed by atoms with Gasteiger partial charge in [-0.2, -0.15) is 0 Å². The molecule has 360 valence electrons. The molecule has 1 unspecified atom stereocenters. The zero-order chi connectivity index (χ0) is 48.8. The van der Waals surface area contributed by atoms with Crippen LogP contribution in [0.5, 0.6) is 0 Å². The SMILES string of the molecule is C=C1CC(Cc2nc3cc([C@H]4CC[C@H](c5ccc6[nH]c([C@@H]7CC(=C)CN7C(=O)[C@@H](NC(=O)OC)C(C)C)nc6c5)N4c4ccc(C(C)(C)C)cc4)ccc3[nH]2)N(C(=O)[C@@H](NC(=O)OC)C(C)C)C1. The summed E-state index contributed by atoms with van der Waals surface area (Å²) in [7, 11) is 2.58. The van der Waals surface area contributed by atoms with Crippen LogP contribution >= 0.6 is 0 Å². The van der Waals surface area contributed by atoms with Crippen molar-refractivity contribution in [3.63, 3.8) is 0 Å². The second-order valence-corrected chi connectivity index (χ2v) is 20.6. The fraction of sp³-hybridized carbons (Fsp3) is 0.472. The highest BCUT2D eigenvalue weighted by molar-refractivity contribution is 5.88. The first-order valence-corrected chi connectivity index (χ1v) is 23.8. The van der Waals surface area contributed by atoms with Crippen molar-refractivity contribution in [2.45, 2.75) is 122 Å². The summed E-state index contributed by atoms with van der Waals surface area (Å²) in [4.78, 5) is 75.7. The van der Waals surface area contributed by atoms with Gasteiger partial charge in [0.25, 0.3) is 0 Å². The van der Waals surface area contributed by atoms with Crippen LogP contribution in [0, 0.1) is 11.8 Å². The smallest absolute Gasteiger partial charge is 0.407 e. The average Bonchev–Trinajstić information content (AvgIpc) is 4.15. The molecule has 0 radical (unpaired) electrons. The molecule has 3 aliphatic heterocycles. The topological polar surface area (TPSA) is 178 Å². The maximum absolute atomic E-state index is 14.0. The number of imidazole rings is 2. The van der Waals surface area contributed by atoms with E-state index >= 15 is 0 Å². The lowest BCUT2D eigenvalue weighted by atomic mass is 9.87. The number of ether oxygens (including phenoxy) is 2. The van der Waals surface area contributed by atoms with Gasteiger partial charge in [0.2, 0.25) is 11.8 Å². The number of nitrogens with one attached hydrogen (secondary N) is 4. The number of amides is 4. The van der Waals surface area contributed by atoms with Crippen molar-refractivity contribution in [3.8, 4) is 0 Å². The average molecular weight is 926 g/mol. The van der Waals surface area contributed by atoms with Crippen molar-refractivity contribution in [1.82, 2.24) is 40.4 Å². The minimum atomic E-state index is -0.760. The Morgan fingerprint density at radius 3 is 1.76 bits per heavy atom. The van der Waals surface area contributed by atoms with E-state index in [9.17, 15) is 19.2 Å². The van der Waals surface area contributed by atoms with Gasteiger partial charge in [-0.25, -0.2) is 19.6 Å². The molecule has 0 saturated carbocycles. The van der Waals surface area contributed by atoms with Gasteiger partial charge in [-0.1, -0.05) is 97.0 Å². The Balaban J connectivity index is 1.07. The number of hydrogen-bond acceptors (Lipinski definition) is 9. The Bertz CT molecular complexity index is 2730. The number of likely N-dealkylation sites (tertiary alicyclic amines) is 2. The van der Waals surface area contributed by atoms with Gasteiger partial charge in [0.1, 0.15) is 23.7 Å². The number of aromatic nitrogens is 4. The van der Waals surface area contributed by atoms with Gasteiger partial charge in [0.15, 0.2) is 0 Å². The Hall–Kier alpha value is -6.64. The molecule has 6 atom stereocenters. The van der Waals surface area contributed by atoms with Crippen molar-refractivity contribution < 1.29 is 28.7 Å². The fourth-order valence-electron chi connectivity index (χ4n) is 10.3. The van der Waals surface area contributed by atoms with E-state index in [4.69, 9.17) is 19.4 Å². The van der Waals surface area contributed by atoms with Crippen LogP contribution in [0.4, 0.5) is 15.3 Å². The molecule has 4 amide bonds. The molecule has 4 N–H and O–H groups in total. The Morgan fingerprint density at radius 2 is 1.22 bits per heavy atom. The predicted octanol–water partition coefficient (Wildman–Crippen LogP) is 9.11. The molecule has 0 aliphatic carbocycles. The molecule has 68 heavy (non-hydrogen) atoms. The Morgan fingerprint density at radius 1 is 0.706 bits per heavy atom. The number of nitrogens with zero attached hydrogens (tertiary/aromatic N) is 5. The number of carbonyl (C=O) groups is 4. The lowest BCUT2D eigenvalue weighted by molar-refractivity contribution is -0.136. The number of fused-ring (bicyclic) bond motifs is 2. The number of methoxy groups -OCH3 is 2. The van der Waals surface area contributed by atoms with Crippen molar-refractivity contribution in [2.75, 3.05) is 32.2 Å². The number of anilines is 1. The van der Waals surface area contributed by atoms with Crippen LogP contribution in [-0.4, -0.2) is 99.2 Å². The maximum Gasteiger partial charge on any atom is 0.407 e. The number of H-pyrrole nitrogens is 2. The second kappa shape index (κ2) is 19.2. The predicted molar refractivity (Wildman–Crippen MR) is 264 cm³/mol. The first-order chi connectivity index (χ1) is 32.3. The van der Waals surface area contributed by atoms with Gasteiger partial charge in [-0.15, -0.1) is 0 Å². The normalized spacial score (nSPS) is 20.8. The summed E-state index contributed by atoms with van der Waals surface area (Å²) in [5.41, 5.74) is 10.1. The molecule has 15 heteroatoms. The summed E-state index contributed by atoms with van der Waals surface area (Å²) in [6.45, 7) is 23.6. The second-order valence-electron chi connectivity index (χ2n) is 20.6. The third-order valence-corrected chi connectivity index (χ3v) is 14.0. The first-order valence-electron chi connectivity index (χ1n) is 23.8.